The van der Waals surface area contributed by atoms with Crippen LogP contribution in [-0.2, 0) is 9.84 Å². The second kappa shape index (κ2) is 5.48. The zero-order valence-electron chi connectivity index (χ0n) is 9.57. The fraction of sp³-hybridized carbons (Fsp3) is 0.455. The van der Waals surface area contributed by atoms with E-state index in [1.54, 1.807) is 18.2 Å². The zero-order valence-corrected chi connectivity index (χ0v) is 10.4. The van der Waals surface area contributed by atoms with Gasteiger partial charge in [-0.3, -0.25) is 0 Å². The number of benzene rings is 1. The fourth-order valence-corrected chi connectivity index (χ4v) is 2.79. The van der Waals surface area contributed by atoms with Crippen LogP contribution in [0.2, 0.25) is 0 Å². The van der Waals surface area contributed by atoms with Gasteiger partial charge in [0.05, 0.1) is 12.7 Å². The second-order valence-electron chi connectivity index (χ2n) is 3.79. The number of rotatable bonds is 5. The predicted molar refractivity (Wildman–Crippen MR) is 66.1 cm³/mol. The molecule has 0 saturated carbocycles. The third-order valence-electron chi connectivity index (χ3n) is 2.65. The van der Waals surface area contributed by atoms with Crippen LogP contribution in [0.3, 0.4) is 0 Å². The van der Waals surface area contributed by atoms with Crippen molar-refractivity contribution in [3.63, 3.8) is 0 Å². The molecule has 4 N–H and O–H groups in total. The highest BCUT2D eigenvalue weighted by atomic mass is 32.2. The van der Waals surface area contributed by atoms with E-state index in [0.717, 1.165) is 0 Å². The molecule has 0 heterocycles. The van der Waals surface area contributed by atoms with E-state index in [1.807, 2.05) is 0 Å². The Balaban J connectivity index is 3.06. The smallest absolute Gasteiger partial charge is 0.158 e. The van der Waals surface area contributed by atoms with Crippen molar-refractivity contribution in [1.29, 1.82) is 0 Å². The molecule has 1 aromatic carbocycles. The fourth-order valence-electron chi connectivity index (χ4n) is 1.58. The van der Waals surface area contributed by atoms with Gasteiger partial charge in [-0.25, -0.2) is 8.42 Å². The van der Waals surface area contributed by atoms with Crippen molar-refractivity contribution in [2.24, 2.45) is 0 Å². The molecule has 0 fully saturated rings. The maximum atomic E-state index is 11.7. The average Bonchev–Trinajstić information content (AvgIpc) is 2.29. The molecule has 1 aromatic rings. The summed E-state index contributed by atoms with van der Waals surface area (Å²) in [5.74, 6) is -0.127. The Bertz CT molecular complexity index is 472. The van der Waals surface area contributed by atoms with E-state index < -0.39 is 27.8 Å². The van der Waals surface area contributed by atoms with Crippen molar-refractivity contribution < 1.29 is 18.6 Å². The Morgan fingerprint density at radius 2 is 2.06 bits per heavy atom. The Kier molecular flexibility index (Phi) is 4.50. The summed E-state index contributed by atoms with van der Waals surface area (Å²) in [6.45, 7) is 0.857. The normalized spacial score (nSPS) is 15.5. The van der Waals surface area contributed by atoms with Crippen molar-refractivity contribution in [3.05, 3.63) is 29.8 Å². The quantitative estimate of drug-likeness (QED) is 0.651. The third kappa shape index (κ3) is 3.18. The monoisotopic (exact) mass is 259 g/mol. The van der Waals surface area contributed by atoms with Crippen molar-refractivity contribution in [2.75, 3.05) is 18.1 Å². The van der Waals surface area contributed by atoms with E-state index in [4.69, 9.17) is 10.8 Å². The van der Waals surface area contributed by atoms with E-state index in [1.165, 1.54) is 13.0 Å². The number of nitrogen functional groups attached to an aromatic ring is 1. The number of sulfone groups is 1. The highest BCUT2D eigenvalue weighted by Gasteiger charge is 2.31. The van der Waals surface area contributed by atoms with Crippen LogP contribution in [0.5, 0.6) is 0 Å². The van der Waals surface area contributed by atoms with E-state index in [2.05, 4.69) is 0 Å². The van der Waals surface area contributed by atoms with Gasteiger partial charge in [-0.05, 0) is 17.7 Å². The van der Waals surface area contributed by atoms with Gasteiger partial charge in [0.1, 0.15) is 5.25 Å². The van der Waals surface area contributed by atoms with Gasteiger partial charge < -0.3 is 15.9 Å². The molecule has 0 aromatic heterocycles. The first-order valence-electron chi connectivity index (χ1n) is 5.28. The summed E-state index contributed by atoms with van der Waals surface area (Å²) in [6, 6.07) is 6.34. The average molecular weight is 259 g/mol. The molecule has 0 aliphatic heterocycles. The van der Waals surface area contributed by atoms with Gasteiger partial charge in [-0.15, -0.1) is 0 Å². The predicted octanol–water partition coefficient (Wildman–Crippen LogP) is 0.0978. The van der Waals surface area contributed by atoms with Gasteiger partial charge in [0, 0.05) is 11.4 Å². The molecule has 1 rings (SSSR count). The van der Waals surface area contributed by atoms with Gasteiger partial charge >= 0.3 is 0 Å². The molecule has 0 saturated heterocycles. The largest absolute Gasteiger partial charge is 0.399 e. The molecule has 0 unspecified atom stereocenters. The minimum atomic E-state index is -3.51. The standard InChI is InChI=1S/C11H17NO4S/c1-2-17(15,16)10(7-13)11(14)8-4-3-5-9(12)6-8/h3-6,10-11,13-14H,2,7,12H2,1H3/t10-,11+/m0/s1. The minimum Gasteiger partial charge on any atom is -0.399 e. The number of aliphatic hydroxyl groups is 2. The summed E-state index contributed by atoms with van der Waals surface area (Å²) < 4.78 is 23.4. The zero-order chi connectivity index (χ0) is 13.1. The van der Waals surface area contributed by atoms with Crippen molar-refractivity contribution in [3.8, 4) is 0 Å². The van der Waals surface area contributed by atoms with Gasteiger partial charge in [0.15, 0.2) is 9.84 Å². The van der Waals surface area contributed by atoms with E-state index in [0.29, 0.717) is 11.3 Å². The van der Waals surface area contributed by atoms with Crippen molar-refractivity contribution in [2.45, 2.75) is 18.3 Å². The molecule has 0 bridgehead atoms. The summed E-state index contributed by atoms with van der Waals surface area (Å²) in [7, 11) is -3.51. The number of hydrogen-bond donors (Lipinski definition) is 3. The first kappa shape index (κ1) is 14.0. The summed E-state index contributed by atoms with van der Waals surface area (Å²) in [5, 5.41) is 17.9. The topological polar surface area (TPSA) is 101 Å². The first-order valence-corrected chi connectivity index (χ1v) is 6.99. The summed E-state index contributed by atoms with van der Waals surface area (Å²) in [4.78, 5) is 0. The van der Waals surface area contributed by atoms with Crippen molar-refractivity contribution in [1.82, 2.24) is 0 Å². The molecule has 2 atom stereocenters. The number of hydrogen-bond acceptors (Lipinski definition) is 5. The molecule has 96 valence electrons. The van der Waals surface area contributed by atoms with Crippen LogP contribution in [0.15, 0.2) is 24.3 Å². The van der Waals surface area contributed by atoms with E-state index in [-0.39, 0.29) is 5.75 Å². The van der Waals surface area contributed by atoms with Crippen LogP contribution in [0.4, 0.5) is 5.69 Å². The molecular weight excluding hydrogens is 242 g/mol. The molecule has 5 nitrogen and oxygen atoms in total. The molecule has 0 aliphatic rings. The maximum absolute atomic E-state index is 11.7. The van der Waals surface area contributed by atoms with Crippen LogP contribution < -0.4 is 5.73 Å². The summed E-state index contributed by atoms with van der Waals surface area (Å²) in [5.41, 5.74) is 6.38. The Morgan fingerprint density at radius 3 is 2.53 bits per heavy atom. The molecule has 17 heavy (non-hydrogen) atoms. The SMILES string of the molecule is CCS(=O)(=O)[C@@H](CO)[C@H](O)c1cccc(N)c1. The van der Waals surface area contributed by atoms with Gasteiger partial charge in [0.2, 0.25) is 0 Å². The lowest BCUT2D eigenvalue weighted by Crippen LogP contribution is -2.33. The summed E-state index contributed by atoms with van der Waals surface area (Å²) in [6.07, 6.45) is -1.27. The highest BCUT2D eigenvalue weighted by Crippen LogP contribution is 2.23. The van der Waals surface area contributed by atoms with Crippen LogP contribution in [-0.4, -0.2) is 36.2 Å². The molecule has 0 aliphatic carbocycles. The van der Waals surface area contributed by atoms with Crippen LogP contribution in [0.1, 0.15) is 18.6 Å². The molecule has 0 amide bonds. The number of aliphatic hydroxyl groups excluding tert-OH is 2. The number of nitrogens with two attached hydrogens (primary N) is 1. The van der Waals surface area contributed by atoms with Gasteiger partial charge in [-0.2, -0.15) is 0 Å². The van der Waals surface area contributed by atoms with Crippen molar-refractivity contribution >= 4 is 15.5 Å². The lowest BCUT2D eigenvalue weighted by Gasteiger charge is -2.21. The molecule has 0 radical (unpaired) electrons. The maximum Gasteiger partial charge on any atom is 0.158 e. The van der Waals surface area contributed by atoms with Crippen LogP contribution in [0, 0.1) is 0 Å². The Labute approximate surface area is 101 Å². The first-order chi connectivity index (χ1) is 7.92. The lowest BCUT2D eigenvalue weighted by atomic mass is 10.1. The Morgan fingerprint density at radius 1 is 1.41 bits per heavy atom. The third-order valence-corrected chi connectivity index (χ3v) is 4.78. The van der Waals surface area contributed by atoms with Gasteiger partial charge in [-0.1, -0.05) is 19.1 Å². The van der Waals surface area contributed by atoms with E-state index >= 15 is 0 Å². The molecule has 0 spiro atoms. The van der Waals surface area contributed by atoms with Crippen LogP contribution >= 0.6 is 0 Å². The number of anilines is 1. The summed E-state index contributed by atoms with van der Waals surface area (Å²) >= 11 is 0. The minimum absolute atomic E-state index is 0.127. The highest BCUT2D eigenvalue weighted by molar-refractivity contribution is 7.92. The second-order valence-corrected chi connectivity index (χ2v) is 6.30. The lowest BCUT2D eigenvalue weighted by molar-refractivity contribution is 0.138. The van der Waals surface area contributed by atoms with E-state index in [9.17, 15) is 13.5 Å². The van der Waals surface area contributed by atoms with Crippen LogP contribution in [0.25, 0.3) is 0 Å². The van der Waals surface area contributed by atoms with Gasteiger partial charge in [0.25, 0.3) is 0 Å². The molecule has 6 heteroatoms. The molecular formula is C11H17NO4S. The Hall–Kier alpha value is -1.11.